The summed E-state index contributed by atoms with van der Waals surface area (Å²) in [6, 6.07) is 40.6. The van der Waals surface area contributed by atoms with E-state index in [0.29, 0.717) is 5.92 Å². The summed E-state index contributed by atoms with van der Waals surface area (Å²) in [5.41, 5.74) is 17.9. The largest absolute Gasteiger partial charge is 0.0901 e. The molecule has 0 saturated heterocycles. The van der Waals surface area contributed by atoms with Crippen molar-refractivity contribution >= 4 is 11.8 Å². The molecule has 0 saturated carbocycles. The van der Waals surface area contributed by atoms with Crippen LogP contribution >= 0.6 is 11.8 Å². The Bertz CT molecular complexity index is 2180. The standard InChI is InChI=1S/C35H42S.C12H18.C11H16.C2H6/c1-24-9-17-30(18-10-24)36-31-19-12-26(13-20-31)21-27-14-16-29(35(6,7)8)23-33(27)32-22-28(34(3,4)5)15-11-25(32)2;1-9-6-7-11(8-10(9)2)12(3,4)5;1-9-5-7-10(8-6-9)11(2,3)4;1-2/h9-20,23,32H,21-22H2,1-8H3;6-8H,1-5H3;5-8H,1-4H3;1-2H3. The Hall–Kier alpha value is -4.07. The molecule has 61 heavy (non-hydrogen) atoms. The molecule has 1 aliphatic rings. The van der Waals surface area contributed by atoms with Gasteiger partial charge >= 0.3 is 0 Å². The van der Waals surface area contributed by atoms with Gasteiger partial charge in [-0.3, -0.25) is 0 Å². The Kier molecular flexibility index (Phi) is 18.3. The van der Waals surface area contributed by atoms with Gasteiger partial charge in [-0.1, -0.05) is 228 Å². The molecule has 5 aromatic rings. The third-order valence-corrected chi connectivity index (χ3v) is 12.8. The highest BCUT2D eigenvalue weighted by Crippen LogP contribution is 2.43. The summed E-state index contributed by atoms with van der Waals surface area (Å²) in [7, 11) is 0. The first-order chi connectivity index (χ1) is 28.3. The van der Waals surface area contributed by atoms with Gasteiger partial charge in [-0.05, 0) is 138 Å². The first kappa shape index (κ1) is 51.3. The lowest BCUT2D eigenvalue weighted by Gasteiger charge is -2.33. The number of rotatable bonds is 5. The van der Waals surface area contributed by atoms with Gasteiger partial charge in [-0.15, -0.1) is 0 Å². The second-order valence-electron chi connectivity index (χ2n) is 21.2. The van der Waals surface area contributed by atoms with Gasteiger partial charge in [0, 0.05) is 15.7 Å². The number of hydrogen-bond acceptors (Lipinski definition) is 1. The third-order valence-electron chi connectivity index (χ3n) is 11.7. The summed E-state index contributed by atoms with van der Waals surface area (Å²) in [4.78, 5) is 2.58. The molecule has 1 heteroatoms. The average Bonchev–Trinajstić information content (AvgIpc) is 3.18. The Morgan fingerprint density at radius 2 is 0.902 bits per heavy atom. The smallest absolute Gasteiger partial charge is 0.0122 e. The molecule has 6 rings (SSSR count). The van der Waals surface area contributed by atoms with Gasteiger partial charge in [0.2, 0.25) is 0 Å². The van der Waals surface area contributed by atoms with Crippen LogP contribution in [0.3, 0.4) is 0 Å². The molecular formula is C60H82S. The van der Waals surface area contributed by atoms with E-state index in [-0.39, 0.29) is 21.7 Å². The van der Waals surface area contributed by atoms with Crippen LogP contribution in [0.4, 0.5) is 0 Å². The molecular weight excluding hydrogens is 753 g/mol. The van der Waals surface area contributed by atoms with E-state index in [1.807, 2.05) is 25.6 Å². The maximum Gasteiger partial charge on any atom is 0.0122 e. The SMILES string of the molecule is CC.CC1=CC=C(C(C)(C)C)CC1c1cc(C(C)(C)C)ccc1Cc1ccc(Sc2ccc(C)cc2)cc1.Cc1ccc(C(C)(C)C)cc1.Cc1ccc(C(C)(C)C)cc1C. The molecule has 0 fully saturated rings. The molecule has 0 amide bonds. The van der Waals surface area contributed by atoms with E-state index in [0.717, 1.165) is 12.8 Å². The number of benzene rings is 5. The number of allylic oxidation sites excluding steroid dienone is 4. The minimum absolute atomic E-state index is 0.136. The van der Waals surface area contributed by atoms with Crippen molar-refractivity contribution in [2.24, 2.45) is 5.41 Å². The molecule has 0 aliphatic heterocycles. The van der Waals surface area contributed by atoms with Gasteiger partial charge < -0.3 is 0 Å². The van der Waals surface area contributed by atoms with Crippen LogP contribution in [0.15, 0.2) is 142 Å². The molecule has 0 nitrogen and oxygen atoms in total. The molecule has 1 unspecified atom stereocenters. The maximum atomic E-state index is 2.50. The minimum Gasteiger partial charge on any atom is -0.0901 e. The second-order valence-corrected chi connectivity index (χ2v) is 22.3. The topological polar surface area (TPSA) is 0 Å². The summed E-state index contributed by atoms with van der Waals surface area (Å²) >= 11 is 1.83. The van der Waals surface area contributed by atoms with Crippen molar-refractivity contribution in [3.8, 4) is 0 Å². The number of hydrogen-bond donors (Lipinski definition) is 0. The Morgan fingerprint density at radius 3 is 1.38 bits per heavy atom. The lowest BCUT2D eigenvalue weighted by Crippen LogP contribution is -2.18. The monoisotopic (exact) mass is 835 g/mol. The molecule has 0 heterocycles. The van der Waals surface area contributed by atoms with Crippen molar-refractivity contribution in [2.45, 2.75) is 176 Å². The molecule has 5 aromatic carbocycles. The predicted octanol–water partition coefficient (Wildman–Crippen LogP) is 18.4. The van der Waals surface area contributed by atoms with E-state index < -0.39 is 0 Å². The summed E-state index contributed by atoms with van der Waals surface area (Å²) in [5, 5.41) is 0. The van der Waals surface area contributed by atoms with Crippen molar-refractivity contribution in [1.29, 1.82) is 0 Å². The zero-order chi connectivity index (χ0) is 45.9. The van der Waals surface area contributed by atoms with Crippen LogP contribution in [0.25, 0.3) is 0 Å². The quantitative estimate of drug-likeness (QED) is 0.170. The van der Waals surface area contributed by atoms with Crippen LogP contribution < -0.4 is 0 Å². The zero-order valence-corrected chi connectivity index (χ0v) is 42.8. The maximum absolute atomic E-state index is 2.50. The van der Waals surface area contributed by atoms with Crippen molar-refractivity contribution < 1.29 is 0 Å². The minimum atomic E-state index is 0.136. The zero-order valence-electron chi connectivity index (χ0n) is 41.9. The summed E-state index contributed by atoms with van der Waals surface area (Å²) in [6.45, 7) is 42.3. The Labute approximate surface area is 379 Å². The van der Waals surface area contributed by atoms with E-state index in [1.165, 1.54) is 71.0 Å². The second kappa shape index (κ2) is 21.8. The van der Waals surface area contributed by atoms with E-state index in [1.54, 1.807) is 5.57 Å². The van der Waals surface area contributed by atoms with Crippen LogP contribution in [-0.2, 0) is 22.7 Å². The lowest BCUT2D eigenvalue weighted by molar-refractivity contribution is 0.469. The van der Waals surface area contributed by atoms with Crippen LogP contribution in [0.1, 0.15) is 172 Å². The highest BCUT2D eigenvalue weighted by Gasteiger charge is 2.28. The van der Waals surface area contributed by atoms with Gasteiger partial charge in [0.05, 0.1) is 0 Å². The third kappa shape index (κ3) is 16.0. The van der Waals surface area contributed by atoms with Gasteiger partial charge in [-0.25, -0.2) is 0 Å². The van der Waals surface area contributed by atoms with Crippen LogP contribution in [0, 0.1) is 33.1 Å². The summed E-state index contributed by atoms with van der Waals surface area (Å²) in [5.74, 6) is 0.442. The van der Waals surface area contributed by atoms with Crippen LogP contribution in [0.5, 0.6) is 0 Å². The predicted molar refractivity (Wildman–Crippen MR) is 274 cm³/mol. The Morgan fingerprint density at radius 1 is 0.459 bits per heavy atom. The lowest BCUT2D eigenvalue weighted by atomic mass is 9.72. The average molecular weight is 835 g/mol. The van der Waals surface area contributed by atoms with Gasteiger partial charge in [0.25, 0.3) is 0 Å². The number of aryl methyl sites for hydroxylation is 4. The molecule has 1 aliphatic carbocycles. The van der Waals surface area contributed by atoms with E-state index in [9.17, 15) is 0 Å². The van der Waals surface area contributed by atoms with Crippen molar-refractivity contribution in [3.05, 3.63) is 188 Å². The van der Waals surface area contributed by atoms with Crippen molar-refractivity contribution in [1.82, 2.24) is 0 Å². The summed E-state index contributed by atoms with van der Waals surface area (Å²) < 4.78 is 0. The highest BCUT2D eigenvalue weighted by molar-refractivity contribution is 7.99. The van der Waals surface area contributed by atoms with Crippen LogP contribution in [-0.4, -0.2) is 0 Å². The van der Waals surface area contributed by atoms with Crippen molar-refractivity contribution in [3.63, 3.8) is 0 Å². The molecule has 0 aromatic heterocycles. The fourth-order valence-electron chi connectivity index (χ4n) is 7.15. The molecule has 0 N–H and O–H groups in total. The van der Waals surface area contributed by atoms with E-state index in [4.69, 9.17) is 0 Å². The molecule has 0 spiro atoms. The summed E-state index contributed by atoms with van der Waals surface area (Å²) in [6.07, 6.45) is 6.80. The first-order valence-corrected chi connectivity index (χ1v) is 23.6. The first-order valence-electron chi connectivity index (χ1n) is 22.8. The fourth-order valence-corrected chi connectivity index (χ4v) is 7.97. The van der Waals surface area contributed by atoms with Crippen LogP contribution in [0.2, 0.25) is 0 Å². The van der Waals surface area contributed by atoms with Crippen molar-refractivity contribution in [2.75, 3.05) is 0 Å². The molecule has 328 valence electrons. The fraction of sp³-hybridized carbons (Fsp3) is 0.433. The van der Waals surface area contributed by atoms with E-state index in [2.05, 4.69) is 239 Å². The molecule has 0 radical (unpaired) electrons. The molecule has 0 bridgehead atoms. The highest BCUT2D eigenvalue weighted by atomic mass is 32.2. The normalized spacial score (nSPS) is 14.2. The van der Waals surface area contributed by atoms with E-state index >= 15 is 0 Å². The van der Waals surface area contributed by atoms with Gasteiger partial charge in [0.1, 0.15) is 0 Å². The Balaban J connectivity index is 0.000000322. The van der Waals surface area contributed by atoms with Gasteiger partial charge in [0.15, 0.2) is 0 Å². The molecule has 1 atom stereocenters. The van der Waals surface area contributed by atoms with Gasteiger partial charge in [-0.2, -0.15) is 0 Å².